The number of hydrogen-bond acceptors (Lipinski definition) is 4. The van der Waals surface area contributed by atoms with Crippen molar-refractivity contribution in [1.29, 1.82) is 0 Å². The molecule has 0 N–H and O–H groups in total. The summed E-state index contributed by atoms with van der Waals surface area (Å²) in [4.78, 5) is 0. The molecule has 1 atom stereocenters. The minimum absolute atomic E-state index is 0.358. The van der Waals surface area contributed by atoms with E-state index in [1.807, 2.05) is 29.7 Å². The molecule has 0 aliphatic heterocycles. The summed E-state index contributed by atoms with van der Waals surface area (Å²) in [6, 6.07) is 13.3. The molecule has 1 unspecified atom stereocenters. The first-order chi connectivity index (χ1) is 13.5. The van der Waals surface area contributed by atoms with Crippen molar-refractivity contribution in [2.24, 2.45) is 0 Å². The highest BCUT2D eigenvalue weighted by Crippen LogP contribution is 2.32. The normalized spacial score (nSPS) is 12.0. The zero-order valence-corrected chi connectivity index (χ0v) is 19.0. The molecule has 4 nitrogen and oxygen atoms in total. The Labute approximate surface area is 187 Å². The second-order valence-corrected chi connectivity index (χ2v) is 8.70. The van der Waals surface area contributed by atoms with Crippen molar-refractivity contribution in [2.75, 3.05) is 0 Å². The van der Waals surface area contributed by atoms with Crippen LogP contribution in [0.2, 0.25) is 10.0 Å². The summed E-state index contributed by atoms with van der Waals surface area (Å²) in [5.74, 6) is 2.00. The summed E-state index contributed by atoms with van der Waals surface area (Å²) >= 11 is 17.4. The van der Waals surface area contributed by atoms with Crippen LogP contribution < -0.4 is 4.74 Å². The van der Waals surface area contributed by atoms with Crippen LogP contribution in [-0.4, -0.2) is 14.8 Å². The van der Waals surface area contributed by atoms with E-state index in [2.05, 4.69) is 44.8 Å². The molecule has 0 aliphatic rings. The van der Waals surface area contributed by atoms with Crippen LogP contribution in [0.5, 0.6) is 5.75 Å². The lowest BCUT2D eigenvalue weighted by molar-refractivity contribution is 0.210. The molecule has 2 aromatic carbocycles. The highest BCUT2D eigenvalue weighted by atomic mass is 79.9. The van der Waals surface area contributed by atoms with E-state index in [4.69, 9.17) is 27.9 Å². The highest BCUT2D eigenvalue weighted by Gasteiger charge is 2.20. The van der Waals surface area contributed by atoms with Gasteiger partial charge in [0.2, 0.25) is 0 Å². The van der Waals surface area contributed by atoms with Crippen LogP contribution in [0.4, 0.5) is 0 Å². The van der Waals surface area contributed by atoms with Crippen LogP contribution in [0, 0.1) is 0 Å². The van der Waals surface area contributed by atoms with Crippen LogP contribution in [0.1, 0.15) is 24.4 Å². The summed E-state index contributed by atoms with van der Waals surface area (Å²) < 4.78 is 9.06. The number of ether oxygens (including phenoxy) is 1. The van der Waals surface area contributed by atoms with Gasteiger partial charge in [-0.15, -0.1) is 16.8 Å². The Balaban J connectivity index is 1.79. The van der Waals surface area contributed by atoms with Crippen LogP contribution in [-0.2, 0) is 12.3 Å². The van der Waals surface area contributed by atoms with Gasteiger partial charge in [-0.3, -0.25) is 4.57 Å². The van der Waals surface area contributed by atoms with Gasteiger partial charge in [-0.25, -0.2) is 0 Å². The van der Waals surface area contributed by atoms with Gasteiger partial charge in [0.1, 0.15) is 5.75 Å². The summed E-state index contributed by atoms with van der Waals surface area (Å²) in [5, 5.41) is 10.6. The van der Waals surface area contributed by atoms with Gasteiger partial charge in [-0.2, -0.15) is 0 Å². The van der Waals surface area contributed by atoms with E-state index in [0.29, 0.717) is 28.2 Å². The first kappa shape index (κ1) is 21.2. The zero-order chi connectivity index (χ0) is 20.1. The maximum atomic E-state index is 6.21. The molecule has 8 heteroatoms. The summed E-state index contributed by atoms with van der Waals surface area (Å²) in [5.41, 5.74) is 1.20. The average molecular weight is 499 g/mol. The smallest absolute Gasteiger partial charge is 0.191 e. The number of thioether (sulfide) groups is 1. The number of aromatic nitrogens is 3. The minimum Gasteiger partial charge on any atom is -0.481 e. The van der Waals surface area contributed by atoms with E-state index < -0.39 is 0 Å². The molecule has 0 saturated heterocycles. The lowest BCUT2D eigenvalue weighted by atomic mass is 10.2. The summed E-state index contributed by atoms with van der Waals surface area (Å²) in [6.45, 7) is 6.34. The molecule has 0 fully saturated rings. The van der Waals surface area contributed by atoms with Gasteiger partial charge in [0.15, 0.2) is 17.1 Å². The van der Waals surface area contributed by atoms with E-state index in [-0.39, 0.29) is 6.10 Å². The Morgan fingerprint density at radius 2 is 2.07 bits per heavy atom. The maximum absolute atomic E-state index is 6.21. The fraction of sp³-hybridized carbons (Fsp3) is 0.200. The van der Waals surface area contributed by atoms with Crippen molar-refractivity contribution < 1.29 is 4.74 Å². The number of hydrogen-bond donors (Lipinski definition) is 0. The van der Waals surface area contributed by atoms with Gasteiger partial charge < -0.3 is 4.74 Å². The van der Waals surface area contributed by atoms with E-state index in [1.54, 1.807) is 30.0 Å². The lowest BCUT2D eigenvalue weighted by Crippen LogP contribution is -2.12. The number of nitrogens with zero attached hydrogens (tertiary/aromatic N) is 3. The second-order valence-electron chi connectivity index (χ2n) is 5.99. The van der Waals surface area contributed by atoms with Crippen molar-refractivity contribution in [2.45, 2.75) is 30.5 Å². The van der Waals surface area contributed by atoms with Gasteiger partial charge in [-0.05, 0) is 36.8 Å². The quantitative estimate of drug-likeness (QED) is 0.248. The number of allylic oxidation sites excluding steroid dienone is 1. The molecule has 0 spiro atoms. The molecule has 0 amide bonds. The van der Waals surface area contributed by atoms with Gasteiger partial charge in [0.05, 0.1) is 5.02 Å². The molecule has 0 aliphatic carbocycles. The Hall–Kier alpha value is -1.47. The fourth-order valence-electron chi connectivity index (χ4n) is 2.59. The molecular weight excluding hydrogens is 481 g/mol. The predicted octanol–water partition coefficient (Wildman–Crippen LogP) is 6.97. The predicted molar refractivity (Wildman–Crippen MR) is 119 cm³/mol. The van der Waals surface area contributed by atoms with Crippen molar-refractivity contribution in [3.63, 3.8) is 0 Å². The molecule has 0 bridgehead atoms. The van der Waals surface area contributed by atoms with Crippen LogP contribution in [0.25, 0.3) is 0 Å². The Morgan fingerprint density at radius 3 is 2.82 bits per heavy atom. The molecule has 1 heterocycles. The van der Waals surface area contributed by atoms with Gasteiger partial charge >= 0.3 is 0 Å². The number of halogens is 3. The molecule has 146 valence electrons. The summed E-state index contributed by atoms with van der Waals surface area (Å²) in [6.07, 6.45) is 1.46. The third kappa shape index (κ3) is 5.32. The first-order valence-electron chi connectivity index (χ1n) is 8.51. The van der Waals surface area contributed by atoms with Crippen molar-refractivity contribution >= 4 is 50.9 Å². The van der Waals surface area contributed by atoms with Crippen LogP contribution in [0.3, 0.4) is 0 Å². The van der Waals surface area contributed by atoms with Crippen molar-refractivity contribution in [3.8, 4) is 5.75 Å². The Bertz CT molecular complexity index is 980. The number of benzene rings is 2. The van der Waals surface area contributed by atoms with E-state index in [0.717, 1.165) is 15.4 Å². The molecule has 0 radical (unpaired) electrons. The maximum Gasteiger partial charge on any atom is 0.191 e. The zero-order valence-electron chi connectivity index (χ0n) is 15.1. The molecule has 3 aromatic rings. The lowest BCUT2D eigenvalue weighted by Gasteiger charge is -2.16. The Morgan fingerprint density at radius 1 is 1.25 bits per heavy atom. The largest absolute Gasteiger partial charge is 0.481 e. The number of rotatable bonds is 8. The van der Waals surface area contributed by atoms with E-state index in [1.165, 1.54) is 5.56 Å². The SMILES string of the molecule is C=CCn1c(SCc2cccc(Br)c2)nnc1C(C)Oc1cc(Cl)ccc1Cl. The van der Waals surface area contributed by atoms with Gasteiger partial charge in [0.25, 0.3) is 0 Å². The highest BCUT2D eigenvalue weighted by molar-refractivity contribution is 9.10. The van der Waals surface area contributed by atoms with Crippen LogP contribution in [0.15, 0.2) is 64.7 Å². The average Bonchev–Trinajstić information content (AvgIpc) is 3.06. The molecule has 0 saturated carbocycles. The Kier molecular flexibility index (Phi) is 7.46. The monoisotopic (exact) mass is 497 g/mol. The molecule has 1 aromatic heterocycles. The first-order valence-corrected chi connectivity index (χ1v) is 11.0. The molecular formula is C20H18BrCl2N3OS. The standard InChI is InChI=1S/C20H18BrCl2N3OS/c1-3-9-26-19(13(2)27-18-11-16(22)7-8-17(18)23)24-25-20(26)28-12-14-5-4-6-15(21)10-14/h3-8,10-11,13H,1,9,12H2,2H3. The molecule has 3 rings (SSSR count). The topological polar surface area (TPSA) is 39.9 Å². The molecule has 28 heavy (non-hydrogen) atoms. The fourth-order valence-corrected chi connectivity index (χ4v) is 4.26. The second kappa shape index (κ2) is 9.83. The van der Waals surface area contributed by atoms with Crippen molar-refractivity contribution in [1.82, 2.24) is 14.8 Å². The van der Waals surface area contributed by atoms with Gasteiger partial charge in [-0.1, -0.05) is 69.1 Å². The van der Waals surface area contributed by atoms with Gasteiger partial charge in [0, 0.05) is 27.9 Å². The minimum atomic E-state index is -0.358. The van der Waals surface area contributed by atoms with Crippen molar-refractivity contribution in [3.05, 3.63) is 81.0 Å². The van der Waals surface area contributed by atoms with Crippen LogP contribution >= 0.6 is 50.9 Å². The third-order valence-electron chi connectivity index (χ3n) is 3.87. The van der Waals surface area contributed by atoms with E-state index >= 15 is 0 Å². The summed E-state index contributed by atoms with van der Waals surface area (Å²) in [7, 11) is 0. The third-order valence-corrected chi connectivity index (χ3v) is 5.95. The van der Waals surface area contributed by atoms with E-state index in [9.17, 15) is 0 Å².